The zero-order chi connectivity index (χ0) is 29.3. The second-order valence-corrected chi connectivity index (χ2v) is 10.0. The van der Waals surface area contributed by atoms with Crippen LogP contribution in [0.15, 0.2) is 97.2 Å². The third kappa shape index (κ3) is 7.51. The first-order valence-corrected chi connectivity index (χ1v) is 13.8. The number of ether oxygens (including phenoxy) is 2. The number of amides is 2. The number of carbonyl (C=O) groups excluding carboxylic acids is 2. The minimum atomic E-state index is -1.11. The Labute approximate surface area is 243 Å². The molecule has 9 nitrogen and oxygen atoms in total. The molecular formula is C33H31N3O6. The summed E-state index contributed by atoms with van der Waals surface area (Å²) in [5.41, 5.74) is 1.55. The first kappa shape index (κ1) is 28.4. The third-order valence-corrected chi connectivity index (χ3v) is 6.98. The molecule has 9 heteroatoms. The normalized spacial score (nSPS) is 16.2. The van der Waals surface area contributed by atoms with Crippen LogP contribution in [0.5, 0.6) is 17.4 Å². The molecule has 1 aliphatic rings. The highest BCUT2D eigenvalue weighted by atomic mass is 16.5. The number of nitrogens with one attached hydrogen (secondary N) is 2. The third-order valence-electron chi connectivity index (χ3n) is 6.98. The van der Waals surface area contributed by atoms with E-state index in [-0.39, 0.29) is 41.6 Å². The van der Waals surface area contributed by atoms with E-state index in [1.807, 2.05) is 30.3 Å². The lowest BCUT2D eigenvalue weighted by molar-refractivity contribution is -0.115. The summed E-state index contributed by atoms with van der Waals surface area (Å²) in [5, 5.41) is 15.1. The van der Waals surface area contributed by atoms with Gasteiger partial charge >= 0.3 is 5.97 Å². The van der Waals surface area contributed by atoms with Crippen LogP contribution < -0.4 is 20.1 Å². The van der Waals surface area contributed by atoms with Gasteiger partial charge in [-0.15, -0.1) is 0 Å². The molecular weight excluding hydrogens is 534 g/mol. The van der Waals surface area contributed by atoms with E-state index in [0.29, 0.717) is 28.5 Å². The monoisotopic (exact) mass is 565 g/mol. The van der Waals surface area contributed by atoms with Crippen LogP contribution in [0, 0.1) is 0 Å². The summed E-state index contributed by atoms with van der Waals surface area (Å²) in [6.45, 7) is 0. The number of para-hydroxylation sites is 1. The molecule has 214 valence electrons. The van der Waals surface area contributed by atoms with E-state index < -0.39 is 5.97 Å². The predicted molar refractivity (Wildman–Crippen MR) is 157 cm³/mol. The van der Waals surface area contributed by atoms with Gasteiger partial charge < -0.3 is 25.2 Å². The maximum atomic E-state index is 12.7. The van der Waals surface area contributed by atoms with Gasteiger partial charge in [0.25, 0.3) is 5.91 Å². The maximum absolute atomic E-state index is 12.7. The van der Waals surface area contributed by atoms with Crippen LogP contribution in [0.2, 0.25) is 0 Å². The van der Waals surface area contributed by atoms with Crippen LogP contribution in [-0.2, 0) is 11.2 Å². The van der Waals surface area contributed by atoms with Crippen molar-refractivity contribution in [1.29, 1.82) is 0 Å². The van der Waals surface area contributed by atoms with Gasteiger partial charge in [0.1, 0.15) is 17.6 Å². The van der Waals surface area contributed by atoms with Gasteiger partial charge in [0.2, 0.25) is 11.8 Å². The van der Waals surface area contributed by atoms with Crippen molar-refractivity contribution < 1.29 is 29.0 Å². The van der Waals surface area contributed by atoms with Crippen molar-refractivity contribution in [2.75, 3.05) is 5.32 Å². The number of benzene rings is 3. The summed E-state index contributed by atoms with van der Waals surface area (Å²) in [6, 6.07) is 26.0. The fourth-order valence-electron chi connectivity index (χ4n) is 4.86. The second-order valence-electron chi connectivity index (χ2n) is 10.0. The summed E-state index contributed by atoms with van der Waals surface area (Å²) < 4.78 is 12.1. The van der Waals surface area contributed by atoms with E-state index in [1.165, 1.54) is 6.07 Å². The van der Waals surface area contributed by atoms with E-state index >= 15 is 0 Å². The quantitative estimate of drug-likeness (QED) is 0.219. The van der Waals surface area contributed by atoms with Crippen molar-refractivity contribution in [3.8, 4) is 17.4 Å². The molecule has 1 aromatic heterocycles. The van der Waals surface area contributed by atoms with Gasteiger partial charge in [-0.25, -0.2) is 9.78 Å². The average molecular weight is 566 g/mol. The molecule has 1 saturated carbocycles. The van der Waals surface area contributed by atoms with Crippen LogP contribution in [-0.4, -0.2) is 40.0 Å². The van der Waals surface area contributed by atoms with Crippen molar-refractivity contribution in [2.45, 2.75) is 44.2 Å². The Morgan fingerprint density at radius 2 is 1.55 bits per heavy atom. The Morgan fingerprint density at radius 3 is 2.29 bits per heavy atom. The van der Waals surface area contributed by atoms with E-state index in [0.717, 1.165) is 25.7 Å². The minimum Gasteiger partial charge on any atom is -0.488 e. The number of carboxylic acids is 1. The molecule has 5 rings (SSSR count). The van der Waals surface area contributed by atoms with Crippen LogP contribution in [0.1, 0.15) is 52.0 Å². The minimum absolute atomic E-state index is 0.0255. The second kappa shape index (κ2) is 13.5. The number of hydrogen-bond acceptors (Lipinski definition) is 6. The molecule has 2 unspecified atom stereocenters. The summed E-state index contributed by atoms with van der Waals surface area (Å²) in [4.78, 5) is 40.8. The molecule has 4 aromatic rings. The van der Waals surface area contributed by atoms with Gasteiger partial charge in [-0.05, 0) is 73.4 Å². The number of carboxylic acid groups (broad SMARTS) is 1. The number of carbonyl (C=O) groups is 3. The van der Waals surface area contributed by atoms with E-state index in [2.05, 4.69) is 15.6 Å². The molecule has 42 heavy (non-hydrogen) atoms. The Balaban J connectivity index is 1.13. The molecule has 3 aromatic carbocycles. The molecule has 2 amide bonds. The Bertz CT molecular complexity index is 1520. The maximum Gasteiger partial charge on any atom is 0.337 e. The molecule has 2 atom stereocenters. The number of rotatable bonds is 10. The average Bonchev–Trinajstić information content (AvgIpc) is 3.00. The van der Waals surface area contributed by atoms with E-state index in [9.17, 15) is 19.5 Å². The van der Waals surface area contributed by atoms with Crippen LogP contribution in [0.25, 0.3) is 0 Å². The van der Waals surface area contributed by atoms with Gasteiger partial charge in [-0.1, -0.05) is 42.8 Å². The van der Waals surface area contributed by atoms with Crippen LogP contribution >= 0.6 is 0 Å². The molecule has 1 fully saturated rings. The largest absolute Gasteiger partial charge is 0.488 e. The molecule has 1 aliphatic carbocycles. The molecule has 0 saturated heterocycles. The predicted octanol–water partition coefficient (Wildman–Crippen LogP) is 5.87. The molecule has 1 heterocycles. The summed E-state index contributed by atoms with van der Waals surface area (Å²) in [5.74, 6) is 0.0616. The van der Waals surface area contributed by atoms with E-state index in [1.54, 1.807) is 60.8 Å². The number of nitrogens with zero attached hydrogens (tertiary/aromatic N) is 1. The zero-order valence-corrected chi connectivity index (χ0v) is 22.9. The smallest absolute Gasteiger partial charge is 0.337 e. The van der Waals surface area contributed by atoms with Crippen molar-refractivity contribution >= 4 is 23.5 Å². The number of hydrogen-bond donors (Lipinski definition) is 3. The summed E-state index contributed by atoms with van der Waals surface area (Å²) in [6.07, 6.45) is 5.26. The topological polar surface area (TPSA) is 127 Å². The first-order chi connectivity index (χ1) is 20.4. The lowest BCUT2D eigenvalue weighted by Crippen LogP contribution is -2.47. The standard InChI is InChI=1S/C33H31N3O6/c37-30(35-27-11-5-4-10-26(27)33(39)40)20-22-14-19-31(34-21-22)42-25-17-15-24(16-18-25)41-29-13-7-6-12-28(29)36-32(38)23-8-2-1-3-9-23/h1-5,8-11,14-19,21,28-29H,6-7,12-13,20H2,(H,35,37)(H,36,38)(H,39,40). The molecule has 0 radical (unpaired) electrons. The fourth-order valence-corrected chi connectivity index (χ4v) is 4.86. The summed E-state index contributed by atoms with van der Waals surface area (Å²) >= 11 is 0. The van der Waals surface area contributed by atoms with Crippen LogP contribution in [0.3, 0.4) is 0 Å². The highest BCUT2D eigenvalue weighted by Gasteiger charge is 2.28. The Morgan fingerprint density at radius 1 is 0.833 bits per heavy atom. The first-order valence-electron chi connectivity index (χ1n) is 13.8. The number of aromatic carboxylic acids is 1. The van der Waals surface area contributed by atoms with Gasteiger partial charge in [0.15, 0.2) is 0 Å². The van der Waals surface area contributed by atoms with Crippen molar-refractivity contribution in [1.82, 2.24) is 10.3 Å². The van der Waals surface area contributed by atoms with Crippen molar-refractivity contribution in [3.63, 3.8) is 0 Å². The van der Waals surface area contributed by atoms with Crippen LogP contribution in [0.4, 0.5) is 5.69 Å². The lowest BCUT2D eigenvalue weighted by Gasteiger charge is -2.32. The Hall–Kier alpha value is -5.18. The number of pyridine rings is 1. The SMILES string of the molecule is O=C(Cc1ccc(Oc2ccc(OC3CCCCC3NC(=O)c3ccccc3)cc2)nc1)Nc1ccccc1C(=O)O. The van der Waals surface area contributed by atoms with Gasteiger partial charge in [0.05, 0.1) is 23.7 Å². The fraction of sp³-hybridized carbons (Fsp3) is 0.212. The molecule has 0 spiro atoms. The number of aromatic nitrogens is 1. The molecule has 3 N–H and O–H groups in total. The van der Waals surface area contributed by atoms with Gasteiger partial charge in [-0.2, -0.15) is 0 Å². The van der Waals surface area contributed by atoms with Crippen molar-refractivity contribution in [2.24, 2.45) is 0 Å². The zero-order valence-electron chi connectivity index (χ0n) is 22.9. The summed E-state index contributed by atoms with van der Waals surface area (Å²) in [7, 11) is 0. The van der Waals surface area contributed by atoms with Crippen molar-refractivity contribution in [3.05, 3.63) is 114 Å². The highest BCUT2D eigenvalue weighted by Crippen LogP contribution is 2.27. The molecule has 0 aliphatic heterocycles. The van der Waals surface area contributed by atoms with Gasteiger partial charge in [0, 0.05) is 17.8 Å². The van der Waals surface area contributed by atoms with E-state index in [4.69, 9.17) is 9.47 Å². The Kier molecular flexibility index (Phi) is 9.08. The number of anilines is 1. The highest BCUT2D eigenvalue weighted by molar-refractivity contribution is 6.01. The lowest BCUT2D eigenvalue weighted by atomic mass is 9.92. The van der Waals surface area contributed by atoms with Gasteiger partial charge in [-0.3, -0.25) is 9.59 Å². The molecule has 0 bridgehead atoms.